The summed E-state index contributed by atoms with van der Waals surface area (Å²) in [4.78, 5) is 26.3. The molecule has 0 aliphatic rings. The molecule has 0 N–H and O–H groups in total. The van der Waals surface area contributed by atoms with Gasteiger partial charge in [-0.1, -0.05) is 54.1 Å². The lowest BCUT2D eigenvalue weighted by Gasteiger charge is -2.24. The van der Waals surface area contributed by atoms with Gasteiger partial charge in [-0.15, -0.1) is 0 Å². The van der Waals surface area contributed by atoms with Gasteiger partial charge in [0.1, 0.15) is 5.60 Å². The van der Waals surface area contributed by atoms with Crippen molar-refractivity contribution in [1.29, 1.82) is 0 Å². The fourth-order valence-corrected chi connectivity index (χ4v) is 3.08. The van der Waals surface area contributed by atoms with Crippen LogP contribution in [0.5, 0.6) is 0 Å². The first-order valence-corrected chi connectivity index (χ1v) is 9.88. The summed E-state index contributed by atoms with van der Waals surface area (Å²) >= 11 is 6.31. The second-order valence-electron chi connectivity index (χ2n) is 7.81. The van der Waals surface area contributed by atoms with E-state index in [4.69, 9.17) is 16.3 Å². The van der Waals surface area contributed by atoms with Gasteiger partial charge >= 0.3 is 6.09 Å². The van der Waals surface area contributed by atoms with E-state index >= 15 is 0 Å². The van der Waals surface area contributed by atoms with Gasteiger partial charge in [-0.2, -0.15) is 0 Å². The van der Waals surface area contributed by atoms with Gasteiger partial charge < -0.3 is 9.64 Å². The number of hydrogen-bond acceptors (Lipinski definition) is 3. The van der Waals surface area contributed by atoms with Crippen molar-refractivity contribution in [1.82, 2.24) is 4.90 Å². The van der Waals surface area contributed by atoms with Crippen LogP contribution in [0.3, 0.4) is 0 Å². The highest BCUT2D eigenvalue weighted by atomic mass is 35.5. The highest BCUT2D eigenvalue weighted by Gasteiger charge is 2.19. The predicted octanol–water partition coefficient (Wildman–Crippen LogP) is 6.23. The summed E-state index contributed by atoms with van der Waals surface area (Å²) in [5.74, 6) is 0.0791. The molecule has 0 radical (unpaired) electrons. The molecule has 0 bridgehead atoms. The highest BCUT2D eigenvalue weighted by molar-refractivity contribution is 6.33. The Morgan fingerprint density at radius 2 is 1.57 bits per heavy atom. The van der Waals surface area contributed by atoms with E-state index in [2.05, 4.69) is 0 Å². The fraction of sp³-hybridized carbons (Fsp3) is 0.391. The van der Waals surface area contributed by atoms with Crippen molar-refractivity contribution < 1.29 is 14.3 Å². The van der Waals surface area contributed by atoms with Crippen molar-refractivity contribution in [2.75, 3.05) is 13.6 Å². The molecular weight excluding hydrogens is 374 g/mol. The second kappa shape index (κ2) is 9.74. The molecule has 4 nitrogen and oxygen atoms in total. The Morgan fingerprint density at radius 3 is 2.21 bits per heavy atom. The third-order valence-corrected chi connectivity index (χ3v) is 4.57. The maximum Gasteiger partial charge on any atom is 0.410 e. The molecule has 2 aromatic carbocycles. The van der Waals surface area contributed by atoms with Crippen LogP contribution in [0.15, 0.2) is 48.5 Å². The fourth-order valence-electron chi connectivity index (χ4n) is 2.84. The monoisotopic (exact) mass is 401 g/mol. The van der Waals surface area contributed by atoms with Gasteiger partial charge in [-0.05, 0) is 45.2 Å². The van der Waals surface area contributed by atoms with E-state index in [0.717, 1.165) is 17.5 Å². The van der Waals surface area contributed by atoms with Crippen molar-refractivity contribution in [2.24, 2.45) is 0 Å². The van der Waals surface area contributed by atoms with E-state index in [9.17, 15) is 9.59 Å². The zero-order valence-electron chi connectivity index (χ0n) is 17.0. The number of Topliss-reactive ketones (excluding diaryl/α,β-unsaturated/α-hetero) is 1. The molecule has 28 heavy (non-hydrogen) atoms. The van der Waals surface area contributed by atoms with Crippen LogP contribution >= 0.6 is 11.6 Å². The van der Waals surface area contributed by atoms with Crippen LogP contribution in [0.2, 0.25) is 5.02 Å². The first-order valence-electron chi connectivity index (χ1n) is 9.50. The molecule has 5 heteroatoms. The smallest absolute Gasteiger partial charge is 0.410 e. The molecule has 2 rings (SSSR count). The number of benzene rings is 2. The molecule has 0 heterocycles. The molecule has 0 unspecified atom stereocenters. The minimum Gasteiger partial charge on any atom is -0.444 e. The molecule has 0 aliphatic heterocycles. The molecule has 0 atom stereocenters. The Hall–Kier alpha value is -2.33. The lowest BCUT2D eigenvalue weighted by Crippen LogP contribution is -2.34. The minimum atomic E-state index is -0.510. The molecule has 0 fully saturated rings. The lowest BCUT2D eigenvalue weighted by molar-refractivity contribution is 0.0296. The number of halogens is 1. The van der Waals surface area contributed by atoms with Crippen LogP contribution in [-0.4, -0.2) is 36.0 Å². The standard InChI is InChI=1S/C23H28ClNO3/c1-23(2,3)28-22(27)25(4)16-10-9-15-21(26)19-13-6-5-11-17(19)18-12-7-8-14-20(18)24/h5-8,11-14H,9-10,15-16H2,1-4H3. The normalized spacial score (nSPS) is 11.2. The third kappa shape index (κ3) is 6.38. The minimum absolute atomic E-state index is 0.0791. The summed E-state index contributed by atoms with van der Waals surface area (Å²) in [6.07, 6.45) is 1.50. The summed E-state index contributed by atoms with van der Waals surface area (Å²) in [5.41, 5.74) is 1.88. The lowest BCUT2D eigenvalue weighted by atomic mass is 9.95. The van der Waals surface area contributed by atoms with Gasteiger partial charge in [0.05, 0.1) is 0 Å². The predicted molar refractivity (Wildman–Crippen MR) is 114 cm³/mol. The third-order valence-electron chi connectivity index (χ3n) is 4.24. The number of carbonyl (C=O) groups is 2. The van der Waals surface area contributed by atoms with E-state index in [1.165, 1.54) is 0 Å². The Labute approximate surface area is 172 Å². The Morgan fingerprint density at radius 1 is 0.964 bits per heavy atom. The van der Waals surface area contributed by atoms with Crippen molar-refractivity contribution in [3.63, 3.8) is 0 Å². The zero-order chi connectivity index (χ0) is 20.7. The zero-order valence-corrected chi connectivity index (χ0v) is 17.8. The van der Waals surface area contributed by atoms with Crippen LogP contribution in [0.1, 0.15) is 50.4 Å². The second-order valence-corrected chi connectivity index (χ2v) is 8.21. The maximum absolute atomic E-state index is 12.8. The van der Waals surface area contributed by atoms with Gasteiger partial charge in [-0.3, -0.25) is 4.79 Å². The topological polar surface area (TPSA) is 46.6 Å². The van der Waals surface area contributed by atoms with Crippen LogP contribution in [0.25, 0.3) is 11.1 Å². The molecule has 2 aromatic rings. The average Bonchev–Trinajstić information content (AvgIpc) is 2.64. The highest BCUT2D eigenvalue weighted by Crippen LogP contribution is 2.31. The number of rotatable bonds is 7. The van der Waals surface area contributed by atoms with Crippen molar-refractivity contribution in [3.05, 3.63) is 59.1 Å². The number of amides is 1. The van der Waals surface area contributed by atoms with E-state index in [1.54, 1.807) is 11.9 Å². The van der Waals surface area contributed by atoms with Gasteiger partial charge in [0.2, 0.25) is 0 Å². The molecule has 1 amide bonds. The van der Waals surface area contributed by atoms with Crippen LogP contribution in [0, 0.1) is 0 Å². The van der Waals surface area contributed by atoms with E-state index < -0.39 is 5.60 Å². The number of nitrogens with zero attached hydrogens (tertiary/aromatic N) is 1. The first-order chi connectivity index (χ1) is 13.2. The Balaban J connectivity index is 1.93. The van der Waals surface area contributed by atoms with E-state index in [1.807, 2.05) is 69.3 Å². The largest absolute Gasteiger partial charge is 0.444 e. The Kier molecular flexibility index (Phi) is 7.64. The number of carbonyl (C=O) groups excluding carboxylic acids is 2. The van der Waals surface area contributed by atoms with Crippen molar-refractivity contribution in [2.45, 2.75) is 45.6 Å². The first kappa shape index (κ1) is 22.0. The van der Waals surface area contributed by atoms with Crippen LogP contribution in [0.4, 0.5) is 4.79 Å². The molecular formula is C23H28ClNO3. The number of unbranched alkanes of at least 4 members (excludes halogenated alkanes) is 1. The molecule has 0 spiro atoms. The summed E-state index contributed by atoms with van der Waals surface area (Å²) < 4.78 is 5.33. The molecule has 0 aromatic heterocycles. The van der Waals surface area contributed by atoms with Gasteiger partial charge in [-0.25, -0.2) is 4.79 Å². The summed E-state index contributed by atoms with van der Waals surface area (Å²) in [7, 11) is 1.71. The van der Waals surface area contributed by atoms with Gasteiger partial charge in [0.25, 0.3) is 0 Å². The van der Waals surface area contributed by atoms with Gasteiger partial charge in [0, 0.05) is 36.2 Å². The van der Waals surface area contributed by atoms with E-state index in [-0.39, 0.29) is 11.9 Å². The number of hydrogen-bond donors (Lipinski definition) is 0. The maximum atomic E-state index is 12.8. The van der Waals surface area contributed by atoms with Gasteiger partial charge in [0.15, 0.2) is 5.78 Å². The summed E-state index contributed by atoms with van der Waals surface area (Å²) in [5, 5.41) is 0.627. The van der Waals surface area contributed by atoms with Crippen LogP contribution < -0.4 is 0 Å². The molecule has 0 saturated carbocycles. The molecule has 0 saturated heterocycles. The summed E-state index contributed by atoms with van der Waals surface area (Å²) in [6, 6.07) is 15.1. The molecule has 150 valence electrons. The van der Waals surface area contributed by atoms with Crippen molar-refractivity contribution >= 4 is 23.5 Å². The molecule has 0 aliphatic carbocycles. The SMILES string of the molecule is CN(CCCCC(=O)c1ccccc1-c1ccccc1Cl)C(=O)OC(C)(C)C. The number of ketones is 1. The quantitative estimate of drug-likeness (QED) is 0.408. The van der Waals surface area contributed by atoms with E-state index in [0.29, 0.717) is 30.0 Å². The summed E-state index contributed by atoms with van der Waals surface area (Å²) in [6.45, 7) is 6.07. The number of ether oxygens (including phenoxy) is 1. The average molecular weight is 402 g/mol. The van der Waals surface area contributed by atoms with Crippen LogP contribution in [-0.2, 0) is 4.74 Å². The Bertz CT molecular complexity index is 827. The van der Waals surface area contributed by atoms with Crippen molar-refractivity contribution in [3.8, 4) is 11.1 Å².